The molecule has 1 unspecified atom stereocenters. The monoisotopic (exact) mass is 419 g/mol. The number of benzene rings is 3. The third kappa shape index (κ3) is 5.56. The lowest BCUT2D eigenvalue weighted by atomic mass is 9.95. The van der Waals surface area contributed by atoms with Gasteiger partial charge in [0.05, 0.1) is 0 Å². The molecule has 0 spiro atoms. The molecule has 0 saturated heterocycles. The lowest BCUT2D eigenvalue weighted by Crippen LogP contribution is -2.19. The first-order chi connectivity index (χ1) is 14.5. The zero-order chi connectivity index (χ0) is 21.4. The summed E-state index contributed by atoms with van der Waals surface area (Å²) in [5.41, 5.74) is 4.82. The van der Waals surface area contributed by atoms with Crippen LogP contribution in [0.25, 0.3) is 0 Å². The van der Waals surface area contributed by atoms with Gasteiger partial charge in [0, 0.05) is 37.5 Å². The lowest BCUT2D eigenvalue weighted by molar-refractivity contribution is 0.0495. The topological polar surface area (TPSA) is 30.8 Å². The van der Waals surface area contributed by atoms with E-state index in [1.54, 1.807) is 7.11 Å². The molecule has 1 atom stereocenters. The van der Waals surface area contributed by atoms with Crippen molar-refractivity contribution in [3.8, 4) is 5.75 Å². The van der Waals surface area contributed by atoms with Gasteiger partial charge in [0.15, 0.2) is 6.79 Å². The van der Waals surface area contributed by atoms with Crippen molar-refractivity contribution < 1.29 is 9.47 Å². The van der Waals surface area contributed by atoms with Crippen LogP contribution in [0.3, 0.4) is 0 Å². The van der Waals surface area contributed by atoms with Crippen LogP contribution in [0.5, 0.6) is 5.75 Å². The summed E-state index contributed by atoms with van der Waals surface area (Å²) in [6.45, 7) is 4.80. The van der Waals surface area contributed by atoms with E-state index >= 15 is 0 Å². The molecule has 0 saturated carbocycles. The third-order valence-electron chi connectivity index (χ3n) is 5.00. The van der Waals surface area contributed by atoms with Crippen molar-refractivity contribution in [2.75, 3.05) is 21.0 Å². The molecule has 0 aromatic heterocycles. The number of methoxy groups -OCH3 is 1. The minimum Gasteiger partial charge on any atom is -0.467 e. The average molecular weight is 420 g/mol. The fraction of sp³-hybridized carbons (Fsp3) is 0.269. The summed E-state index contributed by atoms with van der Waals surface area (Å²) < 4.78 is 11.4. The molecule has 0 aliphatic carbocycles. The Hall–Kier alpha value is -2.48. The van der Waals surface area contributed by atoms with Crippen LogP contribution in [0, 0.1) is 0 Å². The van der Waals surface area contributed by atoms with Gasteiger partial charge in [-0.1, -0.05) is 95.2 Å². The molecule has 3 aromatic rings. The van der Waals surface area contributed by atoms with Gasteiger partial charge in [-0.3, -0.25) is 4.99 Å². The van der Waals surface area contributed by atoms with Gasteiger partial charge in [-0.15, -0.1) is 0 Å². The molecule has 0 aliphatic heterocycles. The molecular formula is C26H30NO2P. The van der Waals surface area contributed by atoms with E-state index in [-0.39, 0.29) is 11.9 Å². The highest BCUT2D eigenvalue weighted by atomic mass is 31.1. The molecule has 156 valence electrons. The second kappa shape index (κ2) is 10.5. The van der Waals surface area contributed by atoms with Crippen LogP contribution in [-0.4, -0.2) is 27.2 Å². The second-order valence-corrected chi connectivity index (χ2v) is 9.77. The number of ether oxygens (including phenoxy) is 2. The maximum absolute atomic E-state index is 6.15. The maximum atomic E-state index is 6.15. The quantitative estimate of drug-likeness (QED) is 0.259. The molecule has 0 N–H and O–H groups in total. The molecule has 30 heavy (non-hydrogen) atoms. The van der Waals surface area contributed by atoms with Gasteiger partial charge >= 0.3 is 0 Å². The standard InChI is InChI=1S/C26H30NO2P/c1-26(2,30-24-16-9-8-13-22(24)18-27-3)23-15-10-14-21(25(23)29-19-28-4)17-20-11-6-5-7-12-20/h5-16,18,30H,17,19H2,1-4H3. The molecule has 0 radical (unpaired) electrons. The largest absolute Gasteiger partial charge is 0.467 e. The number of nitrogens with zero attached hydrogens (tertiary/aromatic N) is 1. The van der Waals surface area contributed by atoms with E-state index in [0.717, 1.165) is 12.2 Å². The summed E-state index contributed by atoms with van der Waals surface area (Å²) in [6.07, 6.45) is 2.76. The fourth-order valence-electron chi connectivity index (χ4n) is 3.59. The van der Waals surface area contributed by atoms with Gasteiger partial charge in [0.1, 0.15) is 5.75 Å². The van der Waals surface area contributed by atoms with E-state index in [0.29, 0.717) is 8.58 Å². The average Bonchev–Trinajstić information content (AvgIpc) is 2.75. The molecule has 3 rings (SSSR count). The summed E-state index contributed by atoms with van der Waals surface area (Å²) in [7, 11) is 4.04. The molecule has 0 aliphatic rings. The number of aliphatic imine (C=N–C) groups is 1. The Kier molecular flexibility index (Phi) is 7.79. The van der Waals surface area contributed by atoms with E-state index in [4.69, 9.17) is 9.47 Å². The van der Waals surface area contributed by atoms with Crippen molar-refractivity contribution in [1.29, 1.82) is 0 Å². The van der Waals surface area contributed by atoms with Gasteiger partial charge in [-0.2, -0.15) is 0 Å². The summed E-state index contributed by atoms with van der Waals surface area (Å²) in [5.74, 6) is 0.933. The van der Waals surface area contributed by atoms with Crippen LogP contribution in [0.4, 0.5) is 0 Å². The lowest BCUT2D eigenvalue weighted by Gasteiger charge is -2.29. The summed E-state index contributed by atoms with van der Waals surface area (Å²) >= 11 is 0. The summed E-state index contributed by atoms with van der Waals surface area (Å²) in [5, 5.41) is 1.20. The number of para-hydroxylation sites is 1. The molecule has 3 aromatic carbocycles. The van der Waals surface area contributed by atoms with E-state index in [1.807, 2.05) is 19.3 Å². The molecule has 3 nitrogen and oxygen atoms in total. The summed E-state index contributed by atoms with van der Waals surface area (Å²) in [4.78, 5) is 4.23. The zero-order valence-corrected chi connectivity index (χ0v) is 19.2. The minimum absolute atomic E-state index is 0.104. The molecule has 0 amide bonds. The van der Waals surface area contributed by atoms with E-state index < -0.39 is 0 Å². The van der Waals surface area contributed by atoms with Gasteiger partial charge in [-0.25, -0.2) is 0 Å². The number of hydrogen-bond donors (Lipinski definition) is 0. The molecule has 0 heterocycles. The Morgan fingerprint density at radius 1 is 0.933 bits per heavy atom. The Bertz CT molecular complexity index is 983. The number of hydrogen-bond acceptors (Lipinski definition) is 3. The molecule has 0 bridgehead atoms. The predicted molar refractivity (Wildman–Crippen MR) is 129 cm³/mol. The first-order valence-electron chi connectivity index (χ1n) is 10.1. The van der Waals surface area contributed by atoms with Crippen LogP contribution in [0.15, 0.2) is 77.8 Å². The van der Waals surface area contributed by atoms with Crippen molar-refractivity contribution in [3.63, 3.8) is 0 Å². The Morgan fingerprint density at radius 2 is 1.67 bits per heavy atom. The second-order valence-electron chi connectivity index (χ2n) is 7.73. The SMILES string of the molecule is CN=Cc1ccccc1PC(C)(C)c1cccc(Cc2ccccc2)c1OCOC. The van der Waals surface area contributed by atoms with Crippen LogP contribution in [0.1, 0.15) is 36.1 Å². The minimum atomic E-state index is -0.104. The highest BCUT2D eigenvalue weighted by Crippen LogP contribution is 2.46. The van der Waals surface area contributed by atoms with Gasteiger partial charge in [0.2, 0.25) is 0 Å². The van der Waals surface area contributed by atoms with Gasteiger partial charge < -0.3 is 9.47 Å². The van der Waals surface area contributed by atoms with E-state index in [1.165, 1.54) is 27.6 Å². The summed E-state index contributed by atoms with van der Waals surface area (Å²) in [6, 6.07) is 25.5. The van der Waals surface area contributed by atoms with Crippen LogP contribution in [-0.2, 0) is 16.3 Å². The van der Waals surface area contributed by atoms with E-state index in [9.17, 15) is 0 Å². The molecule has 0 fully saturated rings. The highest BCUT2D eigenvalue weighted by molar-refractivity contribution is 7.48. The smallest absolute Gasteiger partial charge is 0.188 e. The Morgan fingerprint density at radius 3 is 2.40 bits per heavy atom. The maximum Gasteiger partial charge on any atom is 0.188 e. The van der Waals surface area contributed by atoms with Crippen molar-refractivity contribution in [2.45, 2.75) is 25.4 Å². The van der Waals surface area contributed by atoms with Crippen molar-refractivity contribution in [2.24, 2.45) is 4.99 Å². The number of rotatable bonds is 9. The van der Waals surface area contributed by atoms with Crippen molar-refractivity contribution in [3.05, 3.63) is 95.1 Å². The zero-order valence-electron chi connectivity index (χ0n) is 18.2. The Labute approximate surface area is 182 Å². The fourth-order valence-corrected chi connectivity index (χ4v) is 5.06. The first-order valence-corrected chi connectivity index (χ1v) is 11.1. The van der Waals surface area contributed by atoms with Crippen molar-refractivity contribution in [1.82, 2.24) is 0 Å². The van der Waals surface area contributed by atoms with Gasteiger partial charge in [0.25, 0.3) is 0 Å². The van der Waals surface area contributed by atoms with Crippen molar-refractivity contribution >= 4 is 20.1 Å². The third-order valence-corrected chi connectivity index (χ3v) is 6.62. The molecular weight excluding hydrogens is 389 g/mol. The molecule has 4 heteroatoms. The predicted octanol–water partition coefficient (Wildman–Crippen LogP) is 5.55. The highest BCUT2D eigenvalue weighted by Gasteiger charge is 2.27. The van der Waals surface area contributed by atoms with E-state index in [2.05, 4.69) is 85.6 Å². The van der Waals surface area contributed by atoms with Crippen LogP contribution >= 0.6 is 8.58 Å². The first kappa shape index (κ1) is 22.2. The van der Waals surface area contributed by atoms with Crippen LogP contribution < -0.4 is 10.0 Å². The van der Waals surface area contributed by atoms with Crippen LogP contribution in [0.2, 0.25) is 0 Å². The Balaban J connectivity index is 1.99. The normalized spacial score (nSPS) is 12.1. The van der Waals surface area contributed by atoms with Gasteiger partial charge in [-0.05, 0) is 22.0 Å².